The van der Waals surface area contributed by atoms with Gasteiger partial charge in [-0.25, -0.2) is 19.9 Å². The molecule has 31 heavy (non-hydrogen) atoms. The molecule has 0 aliphatic rings. The van der Waals surface area contributed by atoms with E-state index in [2.05, 4.69) is 30.6 Å². The van der Waals surface area contributed by atoms with Gasteiger partial charge in [-0.2, -0.15) is 17.6 Å². The average Bonchev–Trinajstić information content (AvgIpc) is 2.68. The van der Waals surface area contributed by atoms with Crippen LogP contribution in [-0.2, 0) is 6.18 Å². The Hall–Kier alpha value is -3.05. The number of pyridine rings is 2. The molecule has 0 bridgehead atoms. The zero-order valence-corrected chi connectivity index (χ0v) is 17.1. The van der Waals surface area contributed by atoms with E-state index in [1.807, 2.05) is 0 Å². The molecule has 0 spiro atoms. The molecule has 0 fully saturated rings. The number of nitrogens with zero attached hydrogens (tertiary/aromatic N) is 4. The molecule has 3 aromatic rings. The molecule has 0 amide bonds. The Labute approximate surface area is 179 Å². The van der Waals surface area contributed by atoms with E-state index in [9.17, 15) is 22.7 Å². The van der Waals surface area contributed by atoms with E-state index < -0.39 is 23.4 Å². The van der Waals surface area contributed by atoms with Crippen molar-refractivity contribution in [2.45, 2.75) is 25.6 Å². The minimum atomic E-state index is -4.63. The van der Waals surface area contributed by atoms with Crippen LogP contribution in [0.4, 0.5) is 34.9 Å². The molecule has 0 aliphatic carbocycles. The highest BCUT2D eigenvalue weighted by atomic mass is 35.5. The maximum atomic E-state index is 13.3. The lowest BCUT2D eigenvalue weighted by Gasteiger charge is -2.19. The third-order valence-corrected chi connectivity index (χ3v) is 4.03. The number of anilines is 3. The van der Waals surface area contributed by atoms with E-state index in [1.54, 1.807) is 13.8 Å². The topological polar surface area (TPSA) is 95.8 Å². The van der Waals surface area contributed by atoms with E-state index in [0.717, 1.165) is 6.07 Å². The minimum Gasteiger partial charge on any atom is -0.389 e. The SMILES string of the molecule is CC(C)(O)CNc1cc(Nc2cnc(F)c(Cl)c2)nc(-c2cccc(C(F)(F)F)n2)n1. The summed E-state index contributed by atoms with van der Waals surface area (Å²) in [5.41, 5.74) is -1.99. The predicted octanol–water partition coefficient (Wildman–Crippen LogP) is 4.67. The lowest BCUT2D eigenvalue weighted by atomic mass is 10.1. The molecule has 0 radical (unpaired) electrons. The third kappa shape index (κ3) is 6.22. The van der Waals surface area contributed by atoms with Crippen LogP contribution in [-0.4, -0.2) is 37.2 Å². The van der Waals surface area contributed by atoms with Crippen LogP contribution < -0.4 is 10.6 Å². The molecule has 0 aliphatic heterocycles. The van der Waals surface area contributed by atoms with Crippen molar-refractivity contribution < 1.29 is 22.7 Å². The Kier molecular flexibility index (Phi) is 6.27. The first-order valence-electron chi connectivity index (χ1n) is 8.89. The summed E-state index contributed by atoms with van der Waals surface area (Å²) in [6.07, 6.45) is -3.46. The van der Waals surface area contributed by atoms with Crippen molar-refractivity contribution in [3.8, 4) is 11.5 Å². The molecule has 0 aromatic carbocycles. The number of nitrogens with one attached hydrogen (secondary N) is 2. The van der Waals surface area contributed by atoms with Crippen LogP contribution in [0.3, 0.4) is 0 Å². The number of hydrogen-bond donors (Lipinski definition) is 3. The van der Waals surface area contributed by atoms with E-state index in [1.165, 1.54) is 30.5 Å². The summed E-state index contributed by atoms with van der Waals surface area (Å²) in [5, 5.41) is 15.5. The van der Waals surface area contributed by atoms with Crippen molar-refractivity contribution in [2.75, 3.05) is 17.2 Å². The molecule has 12 heteroatoms. The number of aliphatic hydroxyl groups is 1. The van der Waals surface area contributed by atoms with Gasteiger partial charge >= 0.3 is 6.18 Å². The van der Waals surface area contributed by atoms with Gasteiger partial charge in [-0.15, -0.1) is 0 Å². The lowest BCUT2D eigenvalue weighted by molar-refractivity contribution is -0.141. The number of halogens is 5. The summed E-state index contributed by atoms with van der Waals surface area (Å²) in [5.74, 6) is -0.575. The number of hydrogen-bond acceptors (Lipinski definition) is 7. The van der Waals surface area contributed by atoms with E-state index >= 15 is 0 Å². The fourth-order valence-corrected chi connectivity index (χ4v) is 2.54. The highest BCUT2D eigenvalue weighted by Gasteiger charge is 2.32. The summed E-state index contributed by atoms with van der Waals surface area (Å²) in [4.78, 5) is 15.5. The molecule has 164 valence electrons. The van der Waals surface area contributed by atoms with E-state index in [0.29, 0.717) is 5.69 Å². The lowest BCUT2D eigenvalue weighted by Crippen LogP contribution is -2.29. The van der Waals surface area contributed by atoms with Gasteiger partial charge in [0.25, 0.3) is 0 Å². The van der Waals surface area contributed by atoms with Gasteiger partial charge in [0.05, 0.1) is 22.5 Å². The van der Waals surface area contributed by atoms with Gasteiger partial charge in [0.15, 0.2) is 5.82 Å². The largest absolute Gasteiger partial charge is 0.433 e. The Balaban J connectivity index is 2.01. The maximum absolute atomic E-state index is 13.3. The number of alkyl halides is 3. The van der Waals surface area contributed by atoms with Crippen molar-refractivity contribution in [2.24, 2.45) is 0 Å². The van der Waals surface area contributed by atoms with Crippen LogP contribution in [0, 0.1) is 5.95 Å². The van der Waals surface area contributed by atoms with E-state index in [-0.39, 0.29) is 34.7 Å². The second kappa shape index (κ2) is 8.60. The van der Waals surface area contributed by atoms with Gasteiger partial charge in [-0.1, -0.05) is 17.7 Å². The highest BCUT2D eigenvalue weighted by molar-refractivity contribution is 6.30. The average molecular weight is 457 g/mol. The van der Waals surface area contributed by atoms with Gasteiger partial charge in [-0.05, 0) is 32.0 Å². The zero-order chi connectivity index (χ0) is 22.8. The third-order valence-electron chi connectivity index (χ3n) is 3.77. The summed E-state index contributed by atoms with van der Waals surface area (Å²) in [6, 6.07) is 6.11. The summed E-state index contributed by atoms with van der Waals surface area (Å²) >= 11 is 5.73. The Bertz CT molecular complexity index is 1090. The molecular weight excluding hydrogens is 440 g/mol. The van der Waals surface area contributed by atoms with Crippen LogP contribution in [0.1, 0.15) is 19.5 Å². The maximum Gasteiger partial charge on any atom is 0.433 e. The molecule has 0 unspecified atom stereocenters. The van der Waals surface area contributed by atoms with E-state index in [4.69, 9.17) is 11.6 Å². The molecule has 3 aromatic heterocycles. The highest BCUT2D eigenvalue weighted by Crippen LogP contribution is 2.30. The molecule has 0 saturated carbocycles. The molecule has 0 saturated heterocycles. The minimum absolute atomic E-state index is 0.100. The summed E-state index contributed by atoms with van der Waals surface area (Å²) in [6.45, 7) is 3.24. The second-order valence-corrected chi connectivity index (χ2v) is 7.56. The molecule has 0 atom stereocenters. The first kappa shape index (κ1) is 22.6. The van der Waals surface area contributed by atoms with Crippen LogP contribution in [0.2, 0.25) is 5.02 Å². The van der Waals surface area contributed by atoms with Crippen LogP contribution >= 0.6 is 11.6 Å². The van der Waals surface area contributed by atoms with Gasteiger partial charge < -0.3 is 15.7 Å². The van der Waals surface area contributed by atoms with Crippen LogP contribution in [0.25, 0.3) is 11.5 Å². The molecule has 7 nitrogen and oxygen atoms in total. The number of aromatic nitrogens is 4. The molecular formula is C19H17ClF4N6O. The van der Waals surface area contributed by atoms with Gasteiger partial charge in [0.2, 0.25) is 5.95 Å². The molecule has 3 N–H and O–H groups in total. The van der Waals surface area contributed by atoms with Gasteiger partial charge in [0, 0.05) is 12.6 Å². The second-order valence-electron chi connectivity index (χ2n) is 7.16. The van der Waals surface area contributed by atoms with Crippen LogP contribution in [0.5, 0.6) is 0 Å². The van der Waals surface area contributed by atoms with Crippen molar-refractivity contribution >= 4 is 28.9 Å². The Morgan fingerprint density at radius 2 is 1.77 bits per heavy atom. The van der Waals surface area contributed by atoms with Gasteiger partial charge in [-0.3, -0.25) is 0 Å². The standard InChI is InChI=1S/C19H17ClF4N6O/c1-18(2,31)9-26-14-7-15(27-10-6-11(20)16(21)25-8-10)30-17(29-14)12-4-3-5-13(28-12)19(22,23)24/h3-8,31H,9H2,1-2H3,(H2,26,27,29,30). The monoisotopic (exact) mass is 456 g/mol. The quantitative estimate of drug-likeness (QED) is 0.366. The first-order chi connectivity index (χ1) is 14.4. The Morgan fingerprint density at radius 1 is 1.06 bits per heavy atom. The van der Waals surface area contributed by atoms with Gasteiger partial charge in [0.1, 0.15) is 23.0 Å². The molecule has 3 rings (SSSR count). The fraction of sp³-hybridized carbons (Fsp3) is 0.263. The van der Waals surface area contributed by atoms with Crippen molar-refractivity contribution in [3.63, 3.8) is 0 Å². The van der Waals surface area contributed by atoms with Crippen molar-refractivity contribution in [1.82, 2.24) is 19.9 Å². The fourth-order valence-electron chi connectivity index (χ4n) is 2.38. The molecule has 3 heterocycles. The number of rotatable bonds is 6. The normalized spacial score (nSPS) is 12.0. The summed E-state index contributed by atoms with van der Waals surface area (Å²) in [7, 11) is 0. The Morgan fingerprint density at radius 3 is 2.42 bits per heavy atom. The van der Waals surface area contributed by atoms with Crippen molar-refractivity contribution in [3.05, 3.63) is 53.2 Å². The van der Waals surface area contributed by atoms with Crippen molar-refractivity contribution in [1.29, 1.82) is 0 Å². The summed E-state index contributed by atoms with van der Waals surface area (Å²) < 4.78 is 52.4. The smallest absolute Gasteiger partial charge is 0.389 e. The predicted molar refractivity (Wildman–Crippen MR) is 108 cm³/mol. The zero-order valence-electron chi connectivity index (χ0n) is 16.3. The first-order valence-corrected chi connectivity index (χ1v) is 9.26. The van der Waals surface area contributed by atoms with Crippen LogP contribution in [0.15, 0.2) is 36.5 Å².